The van der Waals surface area contributed by atoms with E-state index < -0.39 is 0 Å². The number of unbranched alkanes of at least 4 members (excludes halogenated alkanes) is 1. The quantitative estimate of drug-likeness (QED) is 0.684. The summed E-state index contributed by atoms with van der Waals surface area (Å²) in [4.78, 5) is 11.4. The van der Waals surface area contributed by atoms with Crippen molar-refractivity contribution in [3.63, 3.8) is 0 Å². The Balaban J connectivity index is 2.45. The number of amides is 1. The van der Waals surface area contributed by atoms with E-state index in [-0.39, 0.29) is 5.91 Å². The van der Waals surface area contributed by atoms with Gasteiger partial charge in [0.2, 0.25) is 0 Å². The Morgan fingerprint density at radius 1 is 1.69 bits per heavy atom. The summed E-state index contributed by atoms with van der Waals surface area (Å²) in [6, 6.07) is 1.68. The first kappa shape index (κ1) is 10.6. The molecule has 0 aliphatic heterocycles. The summed E-state index contributed by atoms with van der Waals surface area (Å²) in [5, 5.41) is 2.82. The SMILES string of the molecule is CCCCNC(=O)c1ccoc1I. The van der Waals surface area contributed by atoms with Crippen LogP contribution in [0.1, 0.15) is 30.1 Å². The van der Waals surface area contributed by atoms with Crippen LogP contribution in [0.25, 0.3) is 0 Å². The predicted octanol–water partition coefficient (Wildman–Crippen LogP) is 2.41. The van der Waals surface area contributed by atoms with Crippen LogP contribution in [-0.2, 0) is 0 Å². The summed E-state index contributed by atoms with van der Waals surface area (Å²) in [7, 11) is 0. The molecule has 0 aliphatic rings. The molecule has 0 atom stereocenters. The number of halogens is 1. The van der Waals surface area contributed by atoms with Crippen molar-refractivity contribution >= 4 is 28.5 Å². The average Bonchev–Trinajstić information content (AvgIpc) is 2.52. The molecule has 3 nitrogen and oxygen atoms in total. The normalized spacial score (nSPS) is 10.0. The van der Waals surface area contributed by atoms with Crippen LogP contribution in [0.4, 0.5) is 0 Å². The van der Waals surface area contributed by atoms with Crippen LogP contribution in [-0.4, -0.2) is 12.5 Å². The van der Waals surface area contributed by atoms with Gasteiger partial charge in [0.1, 0.15) is 0 Å². The van der Waals surface area contributed by atoms with Crippen LogP contribution in [0, 0.1) is 3.77 Å². The summed E-state index contributed by atoms with van der Waals surface area (Å²) in [5.74, 6) is -0.0494. The van der Waals surface area contributed by atoms with Gasteiger partial charge in [0.25, 0.3) is 5.91 Å². The van der Waals surface area contributed by atoms with Gasteiger partial charge >= 0.3 is 0 Å². The van der Waals surface area contributed by atoms with Gasteiger partial charge < -0.3 is 9.73 Å². The highest BCUT2D eigenvalue weighted by atomic mass is 127. The monoisotopic (exact) mass is 293 g/mol. The molecule has 0 fully saturated rings. The van der Waals surface area contributed by atoms with Crippen LogP contribution in [0.15, 0.2) is 16.7 Å². The van der Waals surface area contributed by atoms with Gasteiger partial charge in [-0.2, -0.15) is 0 Å². The Bertz CT molecular complexity index is 283. The molecule has 0 unspecified atom stereocenters. The molecule has 4 heteroatoms. The lowest BCUT2D eigenvalue weighted by molar-refractivity contribution is 0.0951. The number of hydrogen-bond donors (Lipinski definition) is 1. The third-order valence-corrected chi connectivity index (χ3v) is 2.51. The van der Waals surface area contributed by atoms with Crippen LogP contribution < -0.4 is 5.32 Å². The fraction of sp³-hybridized carbons (Fsp3) is 0.444. The molecule has 0 aliphatic carbocycles. The molecular formula is C9H12INO2. The van der Waals surface area contributed by atoms with Crippen molar-refractivity contribution < 1.29 is 9.21 Å². The van der Waals surface area contributed by atoms with Crippen molar-refractivity contribution in [3.8, 4) is 0 Å². The Morgan fingerprint density at radius 2 is 2.46 bits per heavy atom. The molecule has 0 saturated heterocycles. The lowest BCUT2D eigenvalue weighted by Crippen LogP contribution is -2.24. The number of carbonyl (C=O) groups is 1. The van der Waals surface area contributed by atoms with Crippen LogP contribution in [0.3, 0.4) is 0 Å². The van der Waals surface area contributed by atoms with Crippen molar-refractivity contribution in [2.24, 2.45) is 0 Å². The Hall–Kier alpha value is -0.520. The first-order valence-corrected chi connectivity index (χ1v) is 5.34. The van der Waals surface area contributed by atoms with Gasteiger partial charge in [0, 0.05) is 29.1 Å². The summed E-state index contributed by atoms with van der Waals surface area (Å²) in [5.41, 5.74) is 0.622. The molecular weight excluding hydrogens is 281 g/mol. The highest BCUT2D eigenvalue weighted by molar-refractivity contribution is 14.1. The lowest BCUT2D eigenvalue weighted by atomic mass is 10.3. The van der Waals surface area contributed by atoms with E-state index in [0.29, 0.717) is 9.33 Å². The zero-order valence-electron chi connectivity index (χ0n) is 7.47. The topological polar surface area (TPSA) is 42.2 Å². The molecule has 1 rings (SSSR count). The molecule has 1 heterocycles. The third-order valence-electron chi connectivity index (χ3n) is 1.68. The minimum Gasteiger partial charge on any atom is -0.458 e. The van der Waals surface area contributed by atoms with Gasteiger partial charge in [-0.3, -0.25) is 4.79 Å². The van der Waals surface area contributed by atoms with E-state index >= 15 is 0 Å². The van der Waals surface area contributed by atoms with Crippen molar-refractivity contribution in [2.45, 2.75) is 19.8 Å². The van der Waals surface area contributed by atoms with Gasteiger partial charge in [-0.25, -0.2) is 0 Å². The summed E-state index contributed by atoms with van der Waals surface area (Å²) < 4.78 is 5.66. The second kappa shape index (κ2) is 5.26. The number of nitrogens with one attached hydrogen (secondary N) is 1. The average molecular weight is 293 g/mol. The number of carbonyl (C=O) groups excluding carboxylic acids is 1. The van der Waals surface area contributed by atoms with Crippen molar-refractivity contribution in [3.05, 3.63) is 21.7 Å². The standard InChI is InChI=1S/C9H12INO2/c1-2-3-5-11-9(12)7-4-6-13-8(7)10/h4,6H,2-3,5H2,1H3,(H,11,12). The van der Waals surface area contributed by atoms with Crippen molar-refractivity contribution in [1.82, 2.24) is 5.32 Å². The van der Waals surface area contributed by atoms with Crippen LogP contribution in [0.5, 0.6) is 0 Å². The highest BCUT2D eigenvalue weighted by Crippen LogP contribution is 2.12. The van der Waals surface area contributed by atoms with Gasteiger partial charge in [0.05, 0.1) is 11.8 Å². The number of hydrogen-bond acceptors (Lipinski definition) is 2. The zero-order valence-corrected chi connectivity index (χ0v) is 9.63. The number of rotatable bonds is 4. The predicted molar refractivity (Wildman–Crippen MR) is 58.7 cm³/mol. The molecule has 1 N–H and O–H groups in total. The van der Waals surface area contributed by atoms with Crippen molar-refractivity contribution in [1.29, 1.82) is 0 Å². The largest absolute Gasteiger partial charge is 0.458 e. The molecule has 72 valence electrons. The molecule has 1 aromatic heterocycles. The fourth-order valence-corrected chi connectivity index (χ4v) is 1.50. The first-order valence-electron chi connectivity index (χ1n) is 4.27. The third kappa shape index (κ3) is 3.02. The molecule has 0 saturated carbocycles. The first-order chi connectivity index (χ1) is 6.25. The van der Waals surface area contributed by atoms with Crippen molar-refractivity contribution in [2.75, 3.05) is 6.54 Å². The van der Waals surface area contributed by atoms with E-state index in [1.165, 1.54) is 6.26 Å². The molecule has 1 aromatic rings. The fourth-order valence-electron chi connectivity index (χ4n) is 0.930. The maximum absolute atomic E-state index is 11.4. The Labute approximate surface area is 91.0 Å². The number of furan rings is 1. The van der Waals surface area contributed by atoms with E-state index in [4.69, 9.17) is 4.42 Å². The molecule has 0 spiro atoms. The van der Waals surface area contributed by atoms with Crippen LogP contribution >= 0.6 is 22.6 Å². The maximum Gasteiger partial charge on any atom is 0.255 e. The maximum atomic E-state index is 11.4. The van der Waals surface area contributed by atoms with E-state index in [9.17, 15) is 4.79 Å². The molecule has 1 amide bonds. The summed E-state index contributed by atoms with van der Waals surface area (Å²) >= 11 is 2.00. The van der Waals surface area contributed by atoms with Gasteiger partial charge in [-0.15, -0.1) is 0 Å². The molecule has 0 aromatic carbocycles. The zero-order chi connectivity index (χ0) is 9.68. The second-order valence-electron chi connectivity index (χ2n) is 2.72. The highest BCUT2D eigenvalue weighted by Gasteiger charge is 2.10. The second-order valence-corrected chi connectivity index (χ2v) is 3.70. The summed E-state index contributed by atoms with van der Waals surface area (Å²) in [6.45, 7) is 2.82. The van der Waals surface area contributed by atoms with E-state index in [1.807, 2.05) is 22.6 Å². The molecule has 13 heavy (non-hydrogen) atoms. The minimum atomic E-state index is -0.0494. The Kier molecular flexibility index (Phi) is 4.27. The minimum absolute atomic E-state index is 0.0494. The van der Waals surface area contributed by atoms with Crippen LogP contribution in [0.2, 0.25) is 0 Å². The molecule has 0 bridgehead atoms. The van der Waals surface area contributed by atoms with E-state index in [0.717, 1.165) is 19.4 Å². The van der Waals surface area contributed by atoms with Gasteiger partial charge in [-0.05, 0) is 12.5 Å². The smallest absolute Gasteiger partial charge is 0.255 e. The molecule has 0 radical (unpaired) electrons. The van der Waals surface area contributed by atoms with Gasteiger partial charge in [-0.1, -0.05) is 13.3 Å². The lowest BCUT2D eigenvalue weighted by Gasteiger charge is -2.01. The van der Waals surface area contributed by atoms with E-state index in [2.05, 4.69) is 12.2 Å². The van der Waals surface area contributed by atoms with E-state index in [1.54, 1.807) is 6.07 Å². The van der Waals surface area contributed by atoms with Gasteiger partial charge in [0.15, 0.2) is 3.77 Å². The Morgan fingerprint density at radius 3 is 3.00 bits per heavy atom. The summed E-state index contributed by atoms with van der Waals surface area (Å²) in [6.07, 6.45) is 3.62.